The van der Waals surface area contributed by atoms with E-state index in [-0.39, 0.29) is 11.6 Å². The maximum Gasteiger partial charge on any atom is 0.229 e. The molecule has 25 heavy (non-hydrogen) atoms. The van der Waals surface area contributed by atoms with Gasteiger partial charge in [0, 0.05) is 36.5 Å². The number of aromatic nitrogens is 5. The summed E-state index contributed by atoms with van der Waals surface area (Å²) in [6.07, 6.45) is 4.41. The summed E-state index contributed by atoms with van der Waals surface area (Å²) in [6, 6.07) is 10.8. The van der Waals surface area contributed by atoms with Gasteiger partial charge in [-0.25, -0.2) is 14.4 Å². The van der Waals surface area contributed by atoms with Crippen molar-refractivity contribution in [3.63, 3.8) is 0 Å². The first-order valence-corrected chi connectivity index (χ1v) is 7.49. The van der Waals surface area contributed by atoms with Crippen LogP contribution in [-0.2, 0) is 7.05 Å². The summed E-state index contributed by atoms with van der Waals surface area (Å²) < 4.78 is 20.8. The van der Waals surface area contributed by atoms with Gasteiger partial charge in [-0.05, 0) is 6.07 Å². The lowest BCUT2D eigenvalue weighted by Crippen LogP contribution is -2.01. The monoisotopic (exact) mass is 336 g/mol. The van der Waals surface area contributed by atoms with Crippen molar-refractivity contribution < 1.29 is 8.91 Å². The Morgan fingerprint density at radius 3 is 2.80 bits per heavy atom. The molecule has 0 aliphatic rings. The van der Waals surface area contributed by atoms with E-state index in [0.717, 1.165) is 11.8 Å². The van der Waals surface area contributed by atoms with Crippen LogP contribution >= 0.6 is 0 Å². The van der Waals surface area contributed by atoms with Crippen LogP contribution in [0.25, 0.3) is 22.5 Å². The first-order chi connectivity index (χ1) is 12.2. The second-order valence-electron chi connectivity index (χ2n) is 5.36. The summed E-state index contributed by atoms with van der Waals surface area (Å²) in [5.41, 5.74) is 2.29. The Hall–Kier alpha value is -3.55. The zero-order valence-corrected chi connectivity index (χ0v) is 13.2. The van der Waals surface area contributed by atoms with Crippen LogP contribution in [0.5, 0.6) is 0 Å². The van der Waals surface area contributed by atoms with Gasteiger partial charge in [-0.2, -0.15) is 5.10 Å². The molecule has 124 valence electrons. The quantitative estimate of drug-likeness (QED) is 0.615. The third-order valence-corrected chi connectivity index (χ3v) is 3.57. The largest absolute Gasteiger partial charge is 0.364 e. The minimum Gasteiger partial charge on any atom is -0.364 e. The predicted octanol–water partition coefficient (Wildman–Crippen LogP) is 3.41. The molecule has 7 nitrogen and oxygen atoms in total. The van der Waals surface area contributed by atoms with Gasteiger partial charge in [0.1, 0.15) is 17.7 Å². The first kappa shape index (κ1) is 15.0. The number of halogens is 1. The van der Waals surface area contributed by atoms with Crippen molar-refractivity contribution in [3.8, 4) is 22.5 Å². The van der Waals surface area contributed by atoms with E-state index in [0.29, 0.717) is 17.1 Å². The van der Waals surface area contributed by atoms with Gasteiger partial charge in [-0.3, -0.25) is 4.68 Å². The summed E-state index contributed by atoms with van der Waals surface area (Å²) in [6.45, 7) is 0. The van der Waals surface area contributed by atoms with Gasteiger partial charge in [-0.1, -0.05) is 23.4 Å². The summed E-state index contributed by atoms with van der Waals surface area (Å²) >= 11 is 0. The van der Waals surface area contributed by atoms with Crippen molar-refractivity contribution in [2.45, 2.75) is 0 Å². The molecule has 3 heterocycles. The SMILES string of the molecule is Cn1ccc(Nc2ncc(F)c(-c3cccc(-c4ccon4)c3)n2)n1. The average Bonchev–Trinajstić information content (AvgIpc) is 3.29. The summed E-state index contributed by atoms with van der Waals surface area (Å²) in [5, 5.41) is 11.0. The second kappa shape index (κ2) is 6.16. The number of nitrogens with one attached hydrogen (secondary N) is 1. The Morgan fingerprint density at radius 2 is 2.04 bits per heavy atom. The van der Waals surface area contributed by atoms with Gasteiger partial charge in [0.15, 0.2) is 11.6 Å². The highest BCUT2D eigenvalue weighted by Crippen LogP contribution is 2.26. The van der Waals surface area contributed by atoms with Gasteiger partial charge >= 0.3 is 0 Å². The predicted molar refractivity (Wildman–Crippen MR) is 89.4 cm³/mol. The molecule has 8 heteroatoms. The number of nitrogens with zero attached hydrogens (tertiary/aromatic N) is 5. The number of rotatable bonds is 4. The minimum absolute atomic E-state index is 0.193. The van der Waals surface area contributed by atoms with E-state index < -0.39 is 5.82 Å². The average molecular weight is 336 g/mol. The molecule has 4 rings (SSSR count). The Balaban J connectivity index is 1.70. The molecule has 0 spiro atoms. The van der Waals surface area contributed by atoms with Crippen LogP contribution in [-0.4, -0.2) is 24.9 Å². The normalized spacial score (nSPS) is 10.8. The smallest absolute Gasteiger partial charge is 0.229 e. The maximum atomic E-state index is 14.3. The van der Waals surface area contributed by atoms with Crippen LogP contribution in [0.15, 0.2) is 59.6 Å². The Kier molecular flexibility index (Phi) is 3.70. The second-order valence-corrected chi connectivity index (χ2v) is 5.36. The Bertz CT molecular complexity index is 1010. The molecule has 0 aliphatic carbocycles. The summed E-state index contributed by atoms with van der Waals surface area (Å²) in [7, 11) is 1.80. The summed E-state index contributed by atoms with van der Waals surface area (Å²) in [5.74, 6) is 0.335. The molecular weight excluding hydrogens is 323 g/mol. The highest BCUT2D eigenvalue weighted by molar-refractivity contribution is 5.70. The van der Waals surface area contributed by atoms with Crippen molar-refractivity contribution in [1.82, 2.24) is 24.9 Å². The highest BCUT2D eigenvalue weighted by Gasteiger charge is 2.12. The minimum atomic E-state index is -0.510. The zero-order chi connectivity index (χ0) is 17.2. The van der Waals surface area contributed by atoms with Crippen LogP contribution in [0, 0.1) is 5.82 Å². The number of benzene rings is 1. The fourth-order valence-electron chi connectivity index (χ4n) is 2.41. The van der Waals surface area contributed by atoms with E-state index in [2.05, 4.69) is 25.5 Å². The van der Waals surface area contributed by atoms with Crippen molar-refractivity contribution >= 4 is 11.8 Å². The van der Waals surface area contributed by atoms with E-state index in [9.17, 15) is 4.39 Å². The number of hydrogen-bond donors (Lipinski definition) is 1. The first-order valence-electron chi connectivity index (χ1n) is 7.49. The number of hydrogen-bond acceptors (Lipinski definition) is 6. The maximum absolute atomic E-state index is 14.3. The van der Waals surface area contributed by atoms with Crippen molar-refractivity contribution in [2.75, 3.05) is 5.32 Å². The van der Waals surface area contributed by atoms with E-state index in [1.165, 1.54) is 6.26 Å². The van der Waals surface area contributed by atoms with Gasteiger partial charge in [-0.15, -0.1) is 0 Å². The fourth-order valence-corrected chi connectivity index (χ4v) is 2.41. The van der Waals surface area contributed by atoms with Crippen molar-refractivity contribution in [3.05, 3.63) is 60.9 Å². The van der Waals surface area contributed by atoms with Crippen LogP contribution in [0.1, 0.15) is 0 Å². The molecule has 1 N–H and O–H groups in total. The third-order valence-electron chi connectivity index (χ3n) is 3.57. The molecule has 0 saturated carbocycles. The molecule has 1 aromatic carbocycles. The van der Waals surface area contributed by atoms with E-state index in [1.807, 2.05) is 12.1 Å². The molecule has 3 aromatic heterocycles. The van der Waals surface area contributed by atoms with Gasteiger partial charge < -0.3 is 9.84 Å². The molecule has 0 atom stereocenters. The van der Waals surface area contributed by atoms with Gasteiger partial charge in [0.05, 0.1) is 6.20 Å². The Labute approximate surface area is 142 Å². The standard InChI is InChI=1S/C17H13FN6O/c1-24-7-5-15(22-24)20-17-19-10-13(18)16(21-17)12-4-2-3-11(9-12)14-6-8-25-23-14/h2-10H,1H3,(H,19,20,21,22). The number of aryl methyl sites for hydroxylation is 1. The highest BCUT2D eigenvalue weighted by atomic mass is 19.1. The molecule has 0 unspecified atom stereocenters. The van der Waals surface area contributed by atoms with Crippen LogP contribution in [0.3, 0.4) is 0 Å². The van der Waals surface area contributed by atoms with Gasteiger partial charge in [0.2, 0.25) is 5.95 Å². The molecular formula is C17H13FN6O. The molecule has 0 bridgehead atoms. The molecule has 0 fully saturated rings. The van der Waals surface area contributed by atoms with E-state index in [4.69, 9.17) is 4.52 Å². The van der Waals surface area contributed by atoms with E-state index >= 15 is 0 Å². The molecule has 4 aromatic rings. The fraction of sp³-hybridized carbons (Fsp3) is 0.0588. The van der Waals surface area contributed by atoms with Crippen molar-refractivity contribution in [1.29, 1.82) is 0 Å². The topological polar surface area (TPSA) is 81.7 Å². The van der Waals surface area contributed by atoms with E-state index in [1.54, 1.807) is 42.2 Å². The molecule has 0 saturated heterocycles. The summed E-state index contributed by atoms with van der Waals surface area (Å²) in [4.78, 5) is 8.25. The molecule has 0 amide bonds. The lowest BCUT2D eigenvalue weighted by molar-refractivity contribution is 0.422. The number of anilines is 2. The van der Waals surface area contributed by atoms with Gasteiger partial charge in [0.25, 0.3) is 0 Å². The molecule has 0 radical (unpaired) electrons. The third kappa shape index (κ3) is 3.09. The van der Waals surface area contributed by atoms with Crippen molar-refractivity contribution in [2.24, 2.45) is 7.05 Å². The van der Waals surface area contributed by atoms with Crippen LogP contribution < -0.4 is 5.32 Å². The zero-order valence-electron chi connectivity index (χ0n) is 13.2. The lowest BCUT2D eigenvalue weighted by atomic mass is 10.1. The lowest BCUT2D eigenvalue weighted by Gasteiger charge is -2.07. The Morgan fingerprint density at radius 1 is 1.16 bits per heavy atom. The van der Waals surface area contributed by atoms with Crippen LogP contribution in [0.2, 0.25) is 0 Å². The van der Waals surface area contributed by atoms with Crippen LogP contribution in [0.4, 0.5) is 16.2 Å². The molecule has 0 aliphatic heterocycles.